The molecule has 0 aromatic heterocycles. The summed E-state index contributed by atoms with van der Waals surface area (Å²) in [4.78, 5) is 14.8. The van der Waals surface area contributed by atoms with E-state index in [9.17, 15) is 4.79 Å². The van der Waals surface area contributed by atoms with Crippen molar-refractivity contribution in [2.45, 2.75) is 6.54 Å². The molecule has 1 aliphatic heterocycles. The molecule has 3 nitrogen and oxygen atoms in total. The fourth-order valence-electron chi connectivity index (χ4n) is 2.65. The van der Waals surface area contributed by atoms with Crippen molar-refractivity contribution in [2.24, 2.45) is 0 Å². The van der Waals surface area contributed by atoms with Crippen LogP contribution < -0.4 is 5.32 Å². The first-order valence-electron chi connectivity index (χ1n) is 7.45. The van der Waals surface area contributed by atoms with Crippen LogP contribution >= 0.6 is 0 Å². The maximum atomic E-state index is 12.3. The van der Waals surface area contributed by atoms with Gasteiger partial charge in [0.2, 0.25) is 0 Å². The number of nitrogens with one attached hydrogen (secondary N) is 1. The molecule has 0 saturated carbocycles. The topological polar surface area (TPSA) is 32.3 Å². The highest BCUT2D eigenvalue weighted by Crippen LogP contribution is 2.12. The van der Waals surface area contributed by atoms with E-state index in [1.165, 1.54) is 5.56 Å². The Hall–Kier alpha value is -1.97. The second-order valence-electron chi connectivity index (χ2n) is 5.42. The molecule has 0 radical (unpaired) electrons. The van der Waals surface area contributed by atoms with Crippen molar-refractivity contribution in [3.63, 3.8) is 0 Å². The Morgan fingerprint density at radius 3 is 2.19 bits per heavy atom. The lowest BCUT2D eigenvalue weighted by Gasteiger charge is -2.27. The van der Waals surface area contributed by atoms with Gasteiger partial charge in [0.15, 0.2) is 5.78 Å². The predicted octanol–water partition coefficient (Wildman–Crippen LogP) is 2.32. The van der Waals surface area contributed by atoms with Crippen LogP contribution in [0.15, 0.2) is 54.6 Å². The average molecular weight is 280 g/mol. The quantitative estimate of drug-likeness (QED) is 0.872. The van der Waals surface area contributed by atoms with Crippen LogP contribution in [0, 0.1) is 0 Å². The molecule has 21 heavy (non-hydrogen) atoms. The number of nitrogens with zero attached hydrogens (tertiary/aromatic N) is 1. The molecule has 0 amide bonds. The largest absolute Gasteiger partial charge is 0.314 e. The third kappa shape index (κ3) is 3.57. The van der Waals surface area contributed by atoms with Crippen LogP contribution in [0.4, 0.5) is 0 Å². The number of hydrogen-bond acceptors (Lipinski definition) is 3. The van der Waals surface area contributed by atoms with Crippen molar-refractivity contribution in [3.05, 3.63) is 71.3 Å². The van der Waals surface area contributed by atoms with Crippen LogP contribution in [0.3, 0.4) is 0 Å². The van der Waals surface area contributed by atoms with Crippen LogP contribution in [0.2, 0.25) is 0 Å². The molecule has 0 atom stereocenters. The van der Waals surface area contributed by atoms with Crippen molar-refractivity contribution in [1.29, 1.82) is 0 Å². The number of hydrogen-bond donors (Lipinski definition) is 1. The van der Waals surface area contributed by atoms with Crippen LogP contribution in [0.5, 0.6) is 0 Å². The molecule has 0 aliphatic carbocycles. The molecule has 1 fully saturated rings. The van der Waals surface area contributed by atoms with E-state index in [4.69, 9.17) is 0 Å². The van der Waals surface area contributed by atoms with Gasteiger partial charge in [-0.1, -0.05) is 54.6 Å². The normalized spacial score (nSPS) is 15.8. The van der Waals surface area contributed by atoms with Crippen molar-refractivity contribution >= 4 is 5.78 Å². The monoisotopic (exact) mass is 280 g/mol. The van der Waals surface area contributed by atoms with Gasteiger partial charge in [-0.2, -0.15) is 0 Å². The highest BCUT2D eigenvalue weighted by atomic mass is 16.1. The summed E-state index contributed by atoms with van der Waals surface area (Å²) in [5.74, 6) is 0.0873. The molecule has 1 saturated heterocycles. The van der Waals surface area contributed by atoms with Crippen molar-refractivity contribution in [2.75, 3.05) is 26.2 Å². The lowest BCUT2D eigenvalue weighted by atomic mass is 10.0. The van der Waals surface area contributed by atoms with Gasteiger partial charge in [0, 0.05) is 43.9 Å². The number of piperazine rings is 1. The van der Waals surface area contributed by atoms with E-state index in [0.717, 1.165) is 43.9 Å². The Labute approximate surface area is 125 Å². The van der Waals surface area contributed by atoms with Gasteiger partial charge in [0.25, 0.3) is 0 Å². The summed E-state index contributed by atoms with van der Waals surface area (Å²) in [6.07, 6.45) is 0. The van der Waals surface area contributed by atoms with Gasteiger partial charge in [-0.25, -0.2) is 0 Å². The molecule has 108 valence electrons. The van der Waals surface area contributed by atoms with E-state index in [1.807, 2.05) is 42.5 Å². The van der Waals surface area contributed by atoms with Crippen LogP contribution in [-0.2, 0) is 6.54 Å². The minimum absolute atomic E-state index is 0.0873. The molecule has 3 heteroatoms. The van der Waals surface area contributed by atoms with Gasteiger partial charge in [-0.3, -0.25) is 9.69 Å². The van der Waals surface area contributed by atoms with E-state index in [2.05, 4.69) is 22.3 Å². The minimum Gasteiger partial charge on any atom is -0.314 e. The molecule has 0 bridgehead atoms. The van der Waals surface area contributed by atoms with Crippen molar-refractivity contribution in [1.82, 2.24) is 10.2 Å². The van der Waals surface area contributed by atoms with Gasteiger partial charge in [0.1, 0.15) is 0 Å². The number of rotatable bonds is 4. The Balaban J connectivity index is 1.67. The zero-order chi connectivity index (χ0) is 14.5. The number of carbonyl (C=O) groups excluding carboxylic acids is 1. The second-order valence-corrected chi connectivity index (χ2v) is 5.42. The molecule has 2 aromatic carbocycles. The van der Waals surface area contributed by atoms with Crippen molar-refractivity contribution < 1.29 is 4.79 Å². The first-order valence-corrected chi connectivity index (χ1v) is 7.45. The molecule has 1 N–H and O–H groups in total. The standard InChI is InChI=1S/C18H20N2O/c21-18(16-4-2-1-3-5-16)17-8-6-15(7-9-17)14-20-12-10-19-11-13-20/h1-9,19H,10-14H2. The molecule has 2 aromatic rings. The summed E-state index contributed by atoms with van der Waals surface area (Å²) in [6.45, 7) is 5.26. The summed E-state index contributed by atoms with van der Waals surface area (Å²) < 4.78 is 0. The van der Waals surface area contributed by atoms with E-state index in [1.54, 1.807) is 0 Å². The van der Waals surface area contributed by atoms with Gasteiger partial charge < -0.3 is 5.32 Å². The highest BCUT2D eigenvalue weighted by molar-refractivity contribution is 6.08. The fraction of sp³-hybridized carbons (Fsp3) is 0.278. The average Bonchev–Trinajstić information content (AvgIpc) is 2.57. The Kier molecular flexibility index (Phi) is 4.43. The third-order valence-corrected chi connectivity index (χ3v) is 3.87. The molecule has 1 heterocycles. The van der Waals surface area contributed by atoms with E-state index >= 15 is 0 Å². The van der Waals surface area contributed by atoms with E-state index in [0.29, 0.717) is 0 Å². The van der Waals surface area contributed by atoms with Gasteiger partial charge >= 0.3 is 0 Å². The lowest BCUT2D eigenvalue weighted by molar-refractivity contribution is 0.103. The number of carbonyl (C=O) groups is 1. The highest BCUT2D eigenvalue weighted by Gasteiger charge is 2.11. The molecule has 3 rings (SSSR count). The predicted molar refractivity (Wildman–Crippen MR) is 84.5 cm³/mol. The Morgan fingerprint density at radius 1 is 0.905 bits per heavy atom. The van der Waals surface area contributed by atoms with Crippen LogP contribution in [-0.4, -0.2) is 36.9 Å². The van der Waals surface area contributed by atoms with Gasteiger partial charge in [-0.15, -0.1) is 0 Å². The summed E-state index contributed by atoms with van der Waals surface area (Å²) in [7, 11) is 0. The number of benzene rings is 2. The summed E-state index contributed by atoms with van der Waals surface area (Å²) in [6, 6.07) is 17.4. The minimum atomic E-state index is 0.0873. The zero-order valence-corrected chi connectivity index (χ0v) is 12.1. The van der Waals surface area contributed by atoms with Gasteiger partial charge in [-0.05, 0) is 5.56 Å². The van der Waals surface area contributed by atoms with Gasteiger partial charge in [0.05, 0.1) is 0 Å². The summed E-state index contributed by atoms with van der Waals surface area (Å²) in [5, 5.41) is 3.36. The first-order chi connectivity index (χ1) is 10.3. The lowest BCUT2D eigenvalue weighted by Crippen LogP contribution is -2.42. The molecule has 0 unspecified atom stereocenters. The van der Waals surface area contributed by atoms with Crippen LogP contribution in [0.25, 0.3) is 0 Å². The van der Waals surface area contributed by atoms with E-state index in [-0.39, 0.29) is 5.78 Å². The van der Waals surface area contributed by atoms with Crippen molar-refractivity contribution in [3.8, 4) is 0 Å². The maximum Gasteiger partial charge on any atom is 0.193 e. The number of ketones is 1. The molecular formula is C18H20N2O. The first kappa shape index (κ1) is 14.0. The second kappa shape index (κ2) is 6.66. The smallest absolute Gasteiger partial charge is 0.193 e. The molecule has 0 spiro atoms. The summed E-state index contributed by atoms with van der Waals surface area (Å²) in [5.41, 5.74) is 2.76. The molecular weight excluding hydrogens is 260 g/mol. The fourth-order valence-corrected chi connectivity index (χ4v) is 2.65. The summed E-state index contributed by atoms with van der Waals surface area (Å²) >= 11 is 0. The van der Waals surface area contributed by atoms with Crippen LogP contribution in [0.1, 0.15) is 21.5 Å². The molecule has 1 aliphatic rings. The maximum absolute atomic E-state index is 12.3. The van der Waals surface area contributed by atoms with E-state index < -0.39 is 0 Å². The third-order valence-electron chi connectivity index (χ3n) is 3.87. The Bertz CT molecular complexity index is 586. The zero-order valence-electron chi connectivity index (χ0n) is 12.1. The SMILES string of the molecule is O=C(c1ccccc1)c1ccc(CN2CCNCC2)cc1. The Morgan fingerprint density at radius 2 is 1.52 bits per heavy atom.